The van der Waals surface area contributed by atoms with Crippen LogP contribution in [0.3, 0.4) is 0 Å². The standard InChI is InChI=1S/C13H23N3O/c1-17-10-13(12-4-5-12)15-6-2-3-8-16-9-7-14-11-16/h7,9,11-13,15H,2-6,8,10H2,1H3. The molecule has 1 atom stereocenters. The minimum Gasteiger partial charge on any atom is -0.383 e. The monoisotopic (exact) mass is 237 g/mol. The molecule has 1 aromatic rings. The van der Waals surface area contributed by atoms with Gasteiger partial charge in [-0.1, -0.05) is 0 Å². The van der Waals surface area contributed by atoms with Crippen LogP contribution in [0.4, 0.5) is 0 Å². The molecule has 0 aromatic carbocycles. The lowest BCUT2D eigenvalue weighted by molar-refractivity contribution is 0.157. The fraction of sp³-hybridized carbons (Fsp3) is 0.769. The minimum absolute atomic E-state index is 0.577. The zero-order chi connectivity index (χ0) is 11.9. The number of imidazole rings is 1. The first-order valence-corrected chi connectivity index (χ1v) is 6.58. The molecule has 1 unspecified atom stereocenters. The molecule has 1 saturated carbocycles. The van der Waals surface area contributed by atoms with E-state index in [1.54, 1.807) is 7.11 Å². The summed E-state index contributed by atoms with van der Waals surface area (Å²) in [6.45, 7) is 3.02. The van der Waals surface area contributed by atoms with E-state index in [0.29, 0.717) is 6.04 Å². The van der Waals surface area contributed by atoms with Crippen LogP contribution in [0.5, 0.6) is 0 Å². The molecule has 2 rings (SSSR count). The van der Waals surface area contributed by atoms with Crippen LogP contribution in [-0.2, 0) is 11.3 Å². The highest BCUT2D eigenvalue weighted by Crippen LogP contribution is 2.32. The second kappa shape index (κ2) is 6.77. The third-order valence-corrected chi connectivity index (χ3v) is 3.35. The van der Waals surface area contributed by atoms with Crippen molar-refractivity contribution >= 4 is 0 Å². The molecule has 1 aliphatic carbocycles. The molecule has 0 radical (unpaired) electrons. The predicted octanol–water partition coefficient (Wildman–Crippen LogP) is 1.68. The van der Waals surface area contributed by atoms with Crippen molar-refractivity contribution < 1.29 is 4.74 Å². The predicted molar refractivity (Wildman–Crippen MR) is 67.9 cm³/mol. The zero-order valence-corrected chi connectivity index (χ0v) is 10.6. The average Bonchev–Trinajstić information content (AvgIpc) is 3.05. The van der Waals surface area contributed by atoms with Crippen molar-refractivity contribution in [2.24, 2.45) is 5.92 Å². The summed E-state index contributed by atoms with van der Waals surface area (Å²) in [7, 11) is 1.79. The smallest absolute Gasteiger partial charge is 0.0945 e. The summed E-state index contributed by atoms with van der Waals surface area (Å²) >= 11 is 0. The largest absolute Gasteiger partial charge is 0.383 e. The molecule has 0 spiro atoms. The SMILES string of the molecule is COCC(NCCCCn1ccnc1)C1CC1. The molecular formula is C13H23N3O. The van der Waals surface area contributed by atoms with Crippen molar-refractivity contribution in [3.63, 3.8) is 0 Å². The number of nitrogens with one attached hydrogen (secondary N) is 1. The van der Waals surface area contributed by atoms with Gasteiger partial charge in [0.1, 0.15) is 0 Å². The van der Waals surface area contributed by atoms with Crippen LogP contribution < -0.4 is 5.32 Å². The highest BCUT2D eigenvalue weighted by molar-refractivity contribution is 4.86. The van der Waals surface area contributed by atoms with Gasteiger partial charge in [0.05, 0.1) is 12.9 Å². The van der Waals surface area contributed by atoms with Gasteiger partial charge in [-0.05, 0) is 38.1 Å². The Kier molecular flexibility index (Phi) is 5.01. The molecule has 1 N–H and O–H groups in total. The van der Waals surface area contributed by atoms with Crippen molar-refractivity contribution in [2.75, 3.05) is 20.3 Å². The third-order valence-electron chi connectivity index (χ3n) is 3.35. The molecule has 4 nitrogen and oxygen atoms in total. The number of ether oxygens (including phenoxy) is 1. The fourth-order valence-corrected chi connectivity index (χ4v) is 2.17. The Morgan fingerprint density at radius 1 is 1.47 bits per heavy atom. The maximum atomic E-state index is 5.25. The Balaban J connectivity index is 1.52. The van der Waals surface area contributed by atoms with Gasteiger partial charge in [-0.15, -0.1) is 0 Å². The van der Waals surface area contributed by atoms with E-state index in [1.807, 2.05) is 18.7 Å². The molecule has 1 aromatic heterocycles. The van der Waals surface area contributed by atoms with E-state index >= 15 is 0 Å². The van der Waals surface area contributed by atoms with E-state index in [0.717, 1.165) is 25.6 Å². The zero-order valence-electron chi connectivity index (χ0n) is 10.6. The van der Waals surface area contributed by atoms with Gasteiger partial charge in [-0.3, -0.25) is 0 Å². The normalized spacial score (nSPS) is 17.2. The van der Waals surface area contributed by atoms with Crippen LogP contribution >= 0.6 is 0 Å². The van der Waals surface area contributed by atoms with Crippen molar-refractivity contribution in [3.8, 4) is 0 Å². The van der Waals surface area contributed by atoms with Gasteiger partial charge >= 0.3 is 0 Å². The molecule has 1 aliphatic rings. The molecular weight excluding hydrogens is 214 g/mol. The second-order valence-corrected chi connectivity index (χ2v) is 4.86. The minimum atomic E-state index is 0.577. The Labute approximate surface area is 103 Å². The number of aromatic nitrogens is 2. The lowest BCUT2D eigenvalue weighted by Gasteiger charge is -2.17. The molecule has 0 amide bonds. The van der Waals surface area contributed by atoms with Crippen molar-refractivity contribution in [1.82, 2.24) is 14.9 Å². The molecule has 0 saturated heterocycles. The highest BCUT2D eigenvalue weighted by atomic mass is 16.5. The number of hydrogen-bond acceptors (Lipinski definition) is 3. The number of unbranched alkanes of at least 4 members (excludes halogenated alkanes) is 1. The van der Waals surface area contributed by atoms with E-state index in [1.165, 1.54) is 25.7 Å². The van der Waals surface area contributed by atoms with Crippen LogP contribution in [0.2, 0.25) is 0 Å². The number of hydrogen-bond donors (Lipinski definition) is 1. The van der Waals surface area contributed by atoms with Crippen molar-refractivity contribution in [1.29, 1.82) is 0 Å². The van der Waals surface area contributed by atoms with Gasteiger partial charge in [0, 0.05) is 32.1 Å². The molecule has 1 heterocycles. The highest BCUT2D eigenvalue weighted by Gasteiger charge is 2.30. The Morgan fingerprint density at radius 3 is 3.00 bits per heavy atom. The van der Waals surface area contributed by atoms with Gasteiger partial charge in [-0.25, -0.2) is 4.98 Å². The summed E-state index contributed by atoms with van der Waals surface area (Å²) in [5, 5.41) is 3.61. The van der Waals surface area contributed by atoms with Crippen LogP contribution in [0.15, 0.2) is 18.7 Å². The first-order chi connectivity index (χ1) is 8.40. The van der Waals surface area contributed by atoms with E-state index < -0.39 is 0 Å². The Hall–Kier alpha value is -0.870. The topological polar surface area (TPSA) is 39.1 Å². The number of methoxy groups -OCH3 is 1. The lowest BCUT2D eigenvalue weighted by Crippen LogP contribution is -2.35. The molecule has 96 valence electrons. The Morgan fingerprint density at radius 2 is 2.35 bits per heavy atom. The first kappa shape index (κ1) is 12.6. The van der Waals surface area contributed by atoms with Crippen LogP contribution in [-0.4, -0.2) is 35.9 Å². The fourth-order valence-electron chi connectivity index (χ4n) is 2.17. The maximum Gasteiger partial charge on any atom is 0.0945 e. The number of nitrogens with zero attached hydrogens (tertiary/aromatic N) is 2. The van der Waals surface area contributed by atoms with E-state index in [4.69, 9.17) is 4.74 Å². The van der Waals surface area contributed by atoms with Gasteiger partial charge in [-0.2, -0.15) is 0 Å². The lowest BCUT2D eigenvalue weighted by atomic mass is 10.2. The van der Waals surface area contributed by atoms with Gasteiger partial charge in [0.25, 0.3) is 0 Å². The molecule has 0 bridgehead atoms. The molecule has 4 heteroatoms. The maximum absolute atomic E-state index is 5.25. The Bertz CT molecular complexity index is 296. The molecule has 1 fully saturated rings. The second-order valence-electron chi connectivity index (χ2n) is 4.86. The summed E-state index contributed by atoms with van der Waals surface area (Å²) in [4.78, 5) is 4.04. The van der Waals surface area contributed by atoms with Crippen molar-refractivity contribution in [3.05, 3.63) is 18.7 Å². The van der Waals surface area contributed by atoms with E-state index in [9.17, 15) is 0 Å². The van der Waals surface area contributed by atoms with Crippen LogP contribution in [0.1, 0.15) is 25.7 Å². The van der Waals surface area contributed by atoms with Gasteiger partial charge in [0.2, 0.25) is 0 Å². The van der Waals surface area contributed by atoms with E-state index in [2.05, 4.69) is 14.9 Å². The van der Waals surface area contributed by atoms with Gasteiger partial charge in [0.15, 0.2) is 0 Å². The summed E-state index contributed by atoms with van der Waals surface area (Å²) < 4.78 is 7.38. The van der Waals surface area contributed by atoms with E-state index in [-0.39, 0.29) is 0 Å². The summed E-state index contributed by atoms with van der Waals surface area (Å²) in [5.41, 5.74) is 0. The van der Waals surface area contributed by atoms with Gasteiger partial charge < -0.3 is 14.6 Å². The summed E-state index contributed by atoms with van der Waals surface area (Å²) in [5.74, 6) is 0.864. The van der Waals surface area contributed by atoms with Crippen molar-refractivity contribution in [2.45, 2.75) is 38.3 Å². The molecule has 0 aliphatic heterocycles. The quantitative estimate of drug-likeness (QED) is 0.664. The first-order valence-electron chi connectivity index (χ1n) is 6.58. The summed E-state index contributed by atoms with van der Waals surface area (Å²) in [6, 6.07) is 0.577. The average molecular weight is 237 g/mol. The van der Waals surface area contributed by atoms with Crippen LogP contribution in [0.25, 0.3) is 0 Å². The number of aryl methyl sites for hydroxylation is 1. The third kappa shape index (κ3) is 4.48. The molecule has 17 heavy (non-hydrogen) atoms. The number of rotatable bonds is 9. The van der Waals surface area contributed by atoms with Crippen LogP contribution in [0, 0.1) is 5.92 Å². The summed E-state index contributed by atoms with van der Waals surface area (Å²) in [6.07, 6.45) is 10.9.